The lowest BCUT2D eigenvalue weighted by atomic mass is 10.1. The maximum absolute atomic E-state index is 13.2. The van der Waals surface area contributed by atoms with Gasteiger partial charge in [0.15, 0.2) is 0 Å². The molecule has 0 saturated carbocycles. The van der Waals surface area contributed by atoms with Crippen LogP contribution in [0.25, 0.3) is 0 Å². The first-order chi connectivity index (χ1) is 16.4. The Kier molecular flexibility index (Phi) is 8.96. The zero-order valence-corrected chi connectivity index (χ0v) is 20.4. The second-order valence-corrected chi connectivity index (χ2v) is 8.17. The predicted molar refractivity (Wildman–Crippen MR) is 137 cm³/mol. The van der Waals surface area contributed by atoms with Gasteiger partial charge in [-0.2, -0.15) is 20.1 Å². The van der Waals surface area contributed by atoms with Crippen molar-refractivity contribution >= 4 is 71.0 Å². The minimum absolute atomic E-state index is 0. The number of benzene rings is 2. The third kappa shape index (κ3) is 6.65. The van der Waals surface area contributed by atoms with Gasteiger partial charge in [-0.1, -0.05) is 23.2 Å². The topological polar surface area (TPSA) is 121 Å². The van der Waals surface area contributed by atoms with E-state index in [1.165, 1.54) is 30.5 Å². The number of nitro groups is 1. The van der Waals surface area contributed by atoms with Crippen molar-refractivity contribution in [1.29, 1.82) is 0 Å². The van der Waals surface area contributed by atoms with E-state index in [0.29, 0.717) is 11.6 Å². The predicted octanol–water partition coefficient (Wildman–Crippen LogP) is 5.83. The average molecular weight is 542 g/mol. The van der Waals surface area contributed by atoms with Crippen molar-refractivity contribution < 1.29 is 9.31 Å². The maximum Gasteiger partial charge on any atom is 0.288 e. The number of halogens is 4. The third-order valence-corrected chi connectivity index (χ3v) is 5.75. The summed E-state index contributed by atoms with van der Waals surface area (Å²) >= 11 is 12.2. The zero-order chi connectivity index (χ0) is 24.1. The van der Waals surface area contributed by atoms with Crippen molar-refractivity contribution in [2.24, 2.45) is 5.10 Å². The van der Waals surface area contributed by atoms with Gasteiger partial charge in [-0.05, 0) is 49.6 Å². The molecule has 35 heavy (non-hydrogen) atoms. The van der Waals surface area contributed by atoms with Crippen LogP contribution in [0.3, 0.4) is 0 Å². The Balaban J connectivity index is 0.00000342. The van der Waals surface area contributed by atoms with Crippen LogP contribution in [0.5, 0.6) is 0 Å². The summed E-state index contributed by atoms with van der Waals surface area (Å²) in [5.74, 6) is 0.481. The Morgan fingerprint density at radius 1 is 1.03 bits per heavy atom. The van der Waals surface area contributed by atoms with E-state index in [-0.39, 0.29) is 51.4 Å². The highest BCUT2D eigenvalue weighted by molar-refractivity contribution is 6.40. The van der Waals surface area contributed by atoms with Crippen LogP contribution in [-0.4, -0.2) is 39.2 Å². The van der Waals surface area contributed by atoms with Gasteiger partial charge in [0.25, 0.3) is 5.69 Å². The van der Waals surface area contributed by atoms with Gasteiger partial charge in [-0.3, -0.25) is 10.1 Å². The molecule has 184 valence electrons. The minimum atomic E-state index is -0.603. The van der Waals surface area contributed by atoms with Gasteiger partial charge < -0.3 is 10.2 Å². The van der Waals surface area contributed by atoms with E-state index < -0.39 is 4.92 Å². The lowest BCUT2D eigenvalue weighted by Gasteiger charge is -2.26. The van der Waals surface area contributed by atoms with Crippen LogP contribution in [0.15, 0.2) is 41.5 Å². The average Bonchev–Trinajstić information content (AvgIpc) is 2.83. The molecular formula is C21H20Cl3FN8O2. The fourth-order valence-corrected chi connectivity index (χ4v) is 3.88. The molecule has 0 aliphatic carbocycles. The highest BCUT2D eigenvalue weighted by Crippen LogP contribution is 2.32. The van der Waals surface area contributed by atoms with E-state index in [1.807, 2.05) is 4.90 Å². The zero-order valence-electron chi connectivity index (χ0n) is 18.1. The highest BCUT2D eigenvalue weighted by atomic mass is 35.5. The van der Waals surface area contributed by atoms with Crippen molar-refractivity contribution in [2.45, 2.75) is 19.3 Å². The normalized spacial score (nSPS) is 13.4. The number of nitro benzene ring substituents is 1. The minimum Gasteiger partial charge on any atom is -0.341 e. The molecule has 0 unspecified atom stereocenters. The molecule has 0 amide bonds. The molecular weight excluding hydrogens is 522 g/mol. The summed E-state index contributed by atoms with van der Waals surface area (Å²) in [5, 5.41) is 18.3. The third-order valence-electron chi connectivity index (χ3n) is 5.02. The van der Waals surface area contributed by atoms with Gasteiger partial charge in [0, 0.05) is 30.4 Å². The van der Waals surface area contributed by atoms with Crippen molar-refractivity contribution in [3.8, 4) is 0 Å². The largest absolute Gasteiger partial charge is 0.341 e. The number of nitrogens with zero attached hydrogens (tertiary/aromatic N) is 6. The summed E-state index contributed by atoms with van der Waals surface area (Å²) in [6.45, 7) is 1.61. The van der Waals surface area contributed by atoms with E-state index in [2.05, 4.69) is 30.8 Å². The van der Waals surface area contributed by atoms with E-state index >= 15 is 0 Å². The summed E-state index contributed by atoms with van der Waals surface area (Å²) in [5.41, 5.74) is 3.20. The molecule has 3 aromatic rings. The van der Waals surface area contributed by atoms with Crippen LogP contribution < -0.4 is 15.6 Å². The lowest BCUT2D eigenvalue weighted by molar-refractivity contribution is -0.384. The van der Waals surface area contributed by atoms with Gasteiger partial charge in [-0.25, -0.2) is 9.82 Å². The molecule has 4 rings (SSSR count). The first-order valence-electron chi connectivity index (χ1n) is 10.4. The van der Waals surface area contributed by atoms with Crippen LogP contribution in [0, 0.1) is 15.9 Å². The Bertz CT molecular complexity index is 1220. The van der Waals surface area contributed by atoms with Crippen molar-refractivity contribution in [3.05, 3.63) is 67.9 Å². The molecule has 0 radical (unpaired) electrons. The monoisotopic (exact) mass is 540 g/mol. The molecule has 2 heterocycles. The second kappa shape index (κ2) is 11.9. The number of aromatic nitrogens is 3. The molecule has 1 aliphatic heterocycles. The van der Waals surface area contributed by atoms with Crippen molar-refractivity contribution in [2.75, 3.05) is 28.7 Å². The number of hydrazone groups is 1. The number of piperidine rings is 1. The Hall–Kier alpha value is -3.28. The van der Waals surface area contributed by atoms with Crippen molar-refractivity contribution in [3.63, 3.8) is 0 Å². The lowest BCUT2D eigenvalue weighted by Crippen LogP contribution is -2.31. The highest BCUT2D eigenvalue weighted by Gasteiger charge is 2.18. The number of rotatable bonds is 7. The first kappa shape index (κ1) is 26.3. The van der Waals surface area contributed by atoms with Crippen LogP contribution in [0.1, 0.15) is 24.8 Å². The van der Waals surface area contributed by atoms with E-state index in [0.717, 1.165) is 32.4 Å². The molecule has 0 bridgehead atoms. The van der Waals surface area contributed by atoms with Crippen LogP contribution in [0.2, 0.25) is 10.0 Å². The summed E-state index contributed by atoms with van der Waals surface area (Å²) in [4.78, 5) is 25.8. The first-order valence-corrected chi connectivity index (χ1v) is 11.1. The van der Waals surface area contributed by atoms with E-state index in [1.54, 1.807) is 12.1 Å². The molecule has 2 aromatic carbocycles. The molecule has 14 heteroatoms. The van der Waals surface area contributed by atoms with Gasteiger partial charge in [0.05, 0.1) is 16.2 Å². The quantitative estimate of drug-likeness (QED) is 0.218. The van der Waals surface area contributed by atoms with Crippen molar-refractivity contribution in [1.82, 2.24) is 15.0 Å². The summed E-state index contributed by atoms with van der Waals surface area (Å²) in [6.07, 6.45) is 4.45. The number of anilines is 4. The molecule has 1 aliphatic rings. The van der Waals surface area contributed by atoms with Crippen LogP contribution in [-0.2, 0) is 0 Å². The smallest absolute Gasteiger partial charge is 0.288 e. The van der Waals surface area contributed by atoms with Gasteiger partial charge in [-0.15, -0.1) is 12.4 Å². The molecule has 2 N–H and O–H groups in total. The summed E-state index contributed by atoms with van der Waals surface area (Å²) in [7, 11) is 0. The van der Waals surface area contributed by atoms with E-state index in [4.69, 9.17) is 23.2 Å². The standard InChI is InChI=1S/C21H19Cl2FN8O2.ClH/c22-16-8-9-17(32(33)34)18(23)15(16)12-25-30-20-27-19(26-14-6-4-13(24)5-7-14)28-21(29-20)31-10-2-1-3-11-31;/h4-9,12H,1-3,10-11H2,(H2,26,27,28,29,30);1H/b25-12+;. The van der Waals surface area contributed by atoms with Gasteiger partial charge in [0.2, 0.25) is 17.8 Å². The Labute approximate surface area is 216 Å². The van der Waals surface area contributed by atoms with E-state index in [9.17, 15) is 14.5 Å². The van der Waals surface area contributed by atoms with Crippen LogP contribution >= 0.6 is 35.6 Å². The Morgan fingerprint density at radius 3 is 2.40 bits per heavy atom. The molecule has 0 atom stereocenters. The molecule has 1 fully saturated rings. The molecule has 1 saturated heterocycles. The maximum atomic E-state index is 13.2. The fraction of sp³-hybridized carbons (Fsp3) is 0.238. The fourth-order valence-electron chi connectivity index (χ4n) is 3.34. The molecule has 1 aromatic heterocycles. The second-order valence-electron chi connectivity index (χ2n) is 7.38. The number of hydrogen-bond donors (Lipinski definition) is 2. The molecule has 0 spiro atoms. The Morgan fingerprint density at radius 2 is 1.71 bits per heavy atom. The summed E-state index contributed by atoms with van der Waals surface area (Å²) < 4.78 is 13.2. The SMILES string of the molecule is Cl.O=[N+]([O-])c1ccc(Cl)c(/C=N/Nc2nc(Nc3ccc(F)cc3)nc(N3CCCCC3)n2)c1Cl. The van der Waals surface area contributed by atoms with Crippen LogP contribution in [0.4, 0.5) is 33.6 Å². The number of nitrogens with one attached hydrogen (secondary N) is 2. The van der Waals surface area contributed by atoms with Gasteiger partial charge in [0.1, 0.15) is 10.8 Å². The molecule has 10 nitrogen and oxygen atoms in total. The summed E-state index contributed by atoms with van der Waals surface area (Å²) in [6, 6.07) is 8.37. The number of hydrogen-bond acceptors (Lipinski definition) is 9. The van der Waals surface area contributed by atoms with Gasteiger partial charge >= 0.3 is 0 Å².